The molecule has 0 aliphatic carbocycles. The number of hydrogen-bond acceptors (Lipinski definition) is 3. The van der Waals surface area contributed by atoms with Crippen LogP contribution in [0.4, 0.5) is 0 Å². The first-order valence-corrected chi connectivity index (χ1v) is 6.54. The van der Waals surface area contributed by atoms with Crippen molar-refractivity contribution in [2.75, 3.05) is 25.9 Å². The molecular formula is C9H22N2O2S. The fourth-order valence-electron chi connectivity index (χ4n) is 0.838. The predicted molar refractivity (Wildman–Crippen MR) is 59.8 cm³/mol. The van der Waals surface area contributed by atoms with Gasteiger partial charge in [0, 0.05) is 6.54 Å². The fraction of sp³-hybridized carbons (Fsp3) is 1.00. The summed E-state index contributed by atoms with van der Waals surface area (Å²) in [5.74, 6) is 0.198. The van der Waals surface area contributed by atoms with Crippen LogP contribution in [0.1, 0.15) is 27.2 Å². The fourth-order valence-corrected chi connectivity index (χ4v) is 2.16. The van der Waals surface area contributed by atoms with E-state index in [1.54, 1.807) is 0 Å². The van der Waals surface area contributed by atoms with Gasteiger partial charge in [-0.1, -0.05) is 20.8 Å². The third kappa shape index (κ3) is 8.47. The highest BCUT2D eigenvalue weighted by atomic mass is 32.2. The van der Waals surface area contributed by atoms with Crippen molar-refractivity contribution in [2.45, 2.75) is 27.2 Å². The lowest BCUT2D eigenvalue weighted by molar-refractivity contribution is 0.407. The van der Waals surface area contributed by atoms with Gasteiger partial charge in [-0.05, 0) is 25.4 Å². The molecular weight excluding hydrogens is 200 g/mol. The number of rotatable bonds is 6. The quantitative estimate of drug-likeness (QED) is 0.646. The first-order valence-electron chi connectivity index (χ1n) is 4.89. The summed E-state index contributed by atoms with van der Waals surface area (Å²) in [5, 5.41) is 2.92. The molecule has 0 aromatic carbocycles. The lowest BCUT2D eigenvalue weighted by atomic mass is 9.98. The molecule has 0 aromatic heterocycles. The van der Waals surface area contributed by atoms with Crippen LogP contribution in [-0.2, 0) is 10.0 Å². The Kier molecular flexibility index (Phi) is 5.63. The first-order chi connectivity index (χ1) is 6.27. The van der Waals surface area contributed by atoms with Crippen LogP contribution in [-0.4, -0.2) is 34.3 Å². The Labute approximate surface area is 87.5 Å². The van der Waals surface area contributed by atoms with E-state index in [1.165, 1.54) is 0 Å². The molecule has 0 spiro atoms. The highest BCUT2D eigenvalue weighted by Crippen LogP contribution is 2.10. The van der Waals surface area contributed by atoms with Crippen molar-refractivity contribution in [1.82, 2.24) is 10.0 Å². The Morgan fingerprint density at radius 1 is 1.21 bits per heavy atom. The zero-order valence-electron chi connectivity index (χ0n) is 9.55. The molecule has 0 aliphatic rings. The third-order valence-electron chi connectivity index (χ3n) is 1.66. The molecule has 86 valence electrons. The summed E-state index contributed by atoms with van der Waals surface area (Å²) in [4.78, 5) is 0. The Bertz CT molecular complexity index is 242. The van der Waals surface area contributed by atoms with Gasteiger partial charge in [0.1, 0.15) is 0 Å². The third-order valence-corrected chi connectivity index (χ3v) is 3.07. The topological polar surface area (TPSA) is 58.2 Å². The van der Waals surface area contributed by atoms with Crippen molar-refractivity contribution in [3.05, 3.63) is 0 Å². The molecule has 14 heavy (non-hydrogen) atoms. The molecule has 0 saturated carbocycles. The van der Waals surface area contributed by atoms with Crippen LogP contribution < -0.4 is 10.0 Å². The maximum atomic E-state index is 11.4. The number of sulfonamides is 1. The molecule has 0 rings (SSSR count). The van der Waals surface area contributed by atoms with E-state index in [2.05, 4.69) is 10.0 Å². The van der Waals surface area contributed by atoms with Crippen molar-refractivity contribution < 1.29 is 8.42 Å². The van der Waals surface area contributed by atoms with Crippen LogP contribution in [0.2, 0.25) is 0 Å². The molecule has 5 heteroatoms. The Morgan fingerprint density at radius 2 is 1.79 bits per heavy atom. The maximum Gasteiger partial charge on any atom is 0.211 e. The lowest BCUT2D eigenvalue weighted by Crippen LogP contribution is -2.34. The highest BCUT2D eigenvalue weighted by molar-refractivity contribution is 7.89. The van der Waals surface area contributed by atoms with E-state index in [0.29, 0.717) is 13.0 Å². The molecule has 0 unspecified atom stereocenters. The molecule has 0 radical (unpaired) electrons. The summed E-state index contributed by atoms with van der Waals surface area (Å²) >= 11 is 0. The van der Waals surface area contributed by atoms with E-state index in [9.17, 15) is 8.42 Å². The second-order valence-electron chi connectivity index (χ2n) is 4.66. The van der Waals surface area contributed by atoms with Gasteiger partial charge in [-0.25, -0.2) is 13.1 Å². The molecule has 0 aliphatic heterocycles. The van der Waals surface area contributed by atoms with Crippen molar-refractivity contribution in [2.24, 2.45) is 5.41 Å². The van der Waals surface area contributed by atoms with Crippen LogP contribution in [0, 0.1) is 5.41 Å². The van der Waals surface area contributed by atoms with E-state index in [0.717, 1.165) is 6.54 Å². The predicted octanol–water partition coefficient (Wildman–Crippen LogP) is 0.561. The monoisotopic (exact) mass is 222 g/mol. The second kappa shape index (κ2) is 5.68. The van der Waals surface area contributed by atoms with Crippen LogP contribution in [0.15, 0.2) is 0 Å². The van der Waals surface area contributed by atoms with Crippen LogP contribution in [0.25, 0.3) is 0 Å². The van der Waals surface area contributed by atoms with E-state index >= 15 is 0 Å². The summed E-state index contributed by atoms with van der Waals surface area (Å²) in [6, 6.07) is 0. The zero-order valence-corrected chi connectivity index (χ0v) is 10.4. The standard InChI is InChI=1S/C9H22N2O2S/c1-9(2,3)8-11-14(12,13)7-5-6-10-4/h10-11H,5-8H2,1-4H3. The lowest BCUT2D eigenvalue weighted by Gasteiger charge is -2.18. The minimum absolute atomic E-state index is 0.00389. The molecule has 0 aromatic rings. The Morgan fingerprint density at radius 3 is 2.21 bits per heavy atom. The molecule has 0 atom stereocenters. The molecule has 0 fully saturated rings. The summed E-state index contributed by atoms with van der Waals surface area (Å²) in [6.07, 6.45) is 0.649. The van der Waals surface area contributed by atoms with E-state index in [-0.39, 0.29) is 11.2 Å². The van der Waals surface area contributed by atoms with Gasteiger partial charge in [0.15, 0.2) is 0 Å². The van der Waals surface area contributed by atoms with Gasteiger partial charge in [-0.2, -0.15) is 0 Å². The zero-order chi connectivity index (χ0) is 11.2. The van der Waals surface area contributed by atoms with Crippen molar-refractivity contribution in [3.63, 3.8) is 0 Å². The van der Waals surface area contributed by atoms with Crippen molar-refractivity contribution in [1.29, 1.82) is 0 Å². The van der Waals surface area contributed by atoms with Crippen LogP contribution in [0.5, 0.6) is 0 Å². The average molecular weight is 222 g/mol. The second-order valence-corrected chi connectivity index (χ2v) is 6.58. The molecule has 2 N–H and O–H groups in total. The van der Waals surface area contributed by atoms with Gasteiger partial charge < -0.3 is 5.32 Å². The number of nitrogens with one attached hydrogen (secondary N) is 2. The molecule has 0 heterocycles. The van der Waals surface area contributed by atoms with Gasteiger partial charge in [-0.15, -0.1) is 0 Å². The molecule has 4 nitrogen and oxygen atoms in total. The largest absolute Gasteiger partial charge is 0.320 e. The summed E-state index contributed by atoms with van der Waals surface area (Å²) in [5.41, 5.74) is -0.00389. The van der Waals surface area contributed by atoms with Crippen molar-refractivity contribution in [3.8, 4) is 0 Å². The van der Waals surface area contributed by atoms with E-state index in [1.807, 2.05) is 27.8 Å². The SMILES string of the molecule is CNCCCS(=O)(=O)NCC(C)(C)C. The summed E-state index contributed by atoms with van der Waals surface area (Å²) in [7, 11) is -1.26. The minimum atomic E-state index is -3.08. The smallest absolute Gasteiger partial charge is 0.211 e. The summed E-state index contributed by atoms with van der Waals surface area (Å²) < 4.78 is 25.4. The van der Waals surface area contributed by atoms with Gasteiger partial charge >= 0.3 is 0 Å². The van der Waals surface area contributed by atoms with Crippen molar-refractivity contribution >= 4 is 10.0 Å². The van der Waals surface area contributed by atoms with E-state index in [4.69, 9.17) is 0 Å². The average Bonchev–Trinajstić information content (AvgIpc) is 2.00. The molecule has 0 bridgehead atoms. The van der Waals surface area contributed by atoms with Gasteiger partial charge in [-0.3, -0.25) is 0 Å². The van der Waals surface area contributed by atoms with Crippen LogP contribution >= 0.6 is 0 Å². The maximum absolute atomic E-state index is 11.4. The molecule has 0 amide bonds. The minimum Gasteiger partial charge on any atom is -0.320 e. The first kappa shape index (κ1) is 13.9. The highest BCUT2D eigenvalue weighted by Gasteiger charge is 2.15. The number of hydrogen-bond donors (Lipinski definition) is 2. The van der Waals surface area contributed by atoms with Gasteiger partial charge in [0.05, 0.1) is 5.75 Å². The Balaban J connectivity index is 3.85. The van der Waals surface area contributed by atoms with Gasteiger partial charge in [0.2, 0.25) is 10.0 Å². The summed E-state index contributed by atoms with van der Waals surface area (Å²) in [6.45, 7) is 7.24. The normalized spacial score (nSPS) is 13.1. The molecule has 0 saturated heterocycles. The van der Waals surface area contributed by atoms with E-state index < -0.39 is 10.0 Å². The Hall–Kier alpha value is -0.130. The van der Waals surface area contributed by atoms with Crippen LogP contribution in [0.3, 0.4) is 0 Å². The van der Waals surface area contributed by atoms with Gasteiger partial charge in [0.25, 0.3) is 0 Å².